The molecule has 1 N–H and O–H groups in total. The Bertz CT molecular complexity index is 723. The van der Waals surface area contributed by atoms with Crippen molar-refractivity contribution in [1.29, 1.82) is 0 Å². The highest BCUT2D eigenvalue weighted by atomic mass is 35.5. The zero-order chi connectivity index (χ0) is 14.7. The molecule has 0 unspecified atom stereocenters. The van der Waals surface area contributed by atoms with Gasteiger partial charge in [-0.3, -0.25) is 0 Å². The Morgan fingerprint density at radius 1 is 0.762 bits per heavy atom. The Hall–Kier alpha value is -2.10. The lowest BCUT2D eigenvalue weighted by molar-refractivity contribution is 1.17. The van der Waals surface area contributed by atoms with Crippen molar-refractivity contribution in [3.05, 3.63) is 71.0 Å². The zero-order valence-corrected chi connectivity index (χ0v) is 12.4. The van der Waals surface area contributed by atoms with Gasteiger partial charge in [0.25, 0.3) is 0 Å². The van der Waals surface area contributed by atoms with Crippen molar-refractivity contribution in [2.45, 2.75) is 0 Å². The van der Waals surface area contributed by atoms with Crippen molar-refractivity contribution >= 4 is 34.8 Å². The summed E-state index contributed by atoms with van der Waals surface area (Å²) in [6.45, 7) is 0. The molecule has 0 saturated heterocycles. The summed E-state index contributed by atoms with van der Waals surface area (Å²) in [6, 6.07) is 15.1. The molecule has 1 heterocycles. The fourth-order valence-electron chi connectivity index (χ4n) is 1.91. The molecule has 2 aromatic carbocycles. The molecule has 0 radical (unpaired) electrons. The predicted molar refractivity (Wildman–Crippen MR) is 87.2 cm³/mol. The molecule has 0 spiro atoms. The number of hydrogen-bond donors (Lipinski definition) is 1. The molecule has 0 aliphatic carbocycles. The molecule has 5 heteroatoms. The first-order valence-electron chi connectivity index (χ1n) is 6.31. The highest BCUT2D eigenvalue weighted by Gasteiger charge is 2.03. The van der Waals surface area contributed by atoms with Crippen molar-refractivity contribution in [2.24, 2.45) is 0 Å². The van der Waals surface area contributed by atoms with E-state index in [1.165, 1.54) is 0 Å². The molecule has 3 aromatic rings. The third-order valence-electron chi connectivity index (χ3n) is 2.88. The van der Waals surface area contributed by atoms with Crippen LogP contribution >= 0.6 is 23.2 Å². The summed E-state index contributed by atoms with van der Waals surface area (Å²) in [5, 5.41) is 4.31. The molecule has 0 amide bonds. The Balaban J connectivity index is 1.84. The Morgan fingerprint density at radius 2 is 1.38 bits per heavy atom. The summed E-state index contributed by atoms with van der Waals surface area (Å²) in [5.41, 5.74) is 2.69. The van der Waals surface area contributed by atoms with Crippen molar-refractivity contribution in [3.63, 3.8) is 0 Å². The number of hydrogen-bond acceptors (Lipinski definition) is 3. The number of benzene rings is 2. The average Bonchev–Trinajstić information content (AvgIpc) is 2.48. The monoisotopic (exact) mass is 315 g/mol. The number of anilines is 2. The highest BCUT2D eigenvalue weighted by Crippen LogP contribution is 2.26. The normalized spacial score (nSPS) is 10.4. The maximum atomic E-state index is 6.00. The van der Waals surface area contributed by atoms with Crippen molar-refractivity contribution in [3.8, 4) is 11.1 Å². The first kappa shape index (κ1) is 13.9. The van der Waals surface area contributed by atoms with Gasteiger partial charge in [-0.15, -0.1) is 0 Å². The highest BCUT2D eigenvalue weighted by molar-refractivity contribution is 6.35. The molecule has 3 rings (SSSR count). The van der Waals surface area contributed by atoms with Crippen LogP contribution in [0.3, 0.4) is 0 Å². The maximum absolute atomic E-state index is 6.00. The Kier molecular flexibility index (Phi) is 4.04. The van der Waals surface area contributed by atoms with Crippen LogP contribution in [0.2, 0.25) is 10.0 Å². The molecule has 0 bridgehead atoms. The van der Waals surface area contributed by atoms with Gasteiger partial charge in [0.15, 0.2) is 0 Å². The maximum Gasteiger partial charge on any atom is 0.227 e. The van der Waals surface area contributed by atoms with E-state index in [9.17, 15) is 0 Å². The van der Waals surface area contributed by atoms with Gasteiger partial charge in [-0.25, -0.2) is 9.97 Å². The molecule has 3 nitrogen and oxygen atoms in total. The van der Waals surface area contributed by atoms with E-state index in [-0.39, 0.29) is 0 Å². The summed E-state index contributed by atoms with van der Waals surface area (Å²) in [5.74, 6) is 0.540. The van der Waals surface area contributed by atoms with E-state index in [1.807, 2.05) is 42.5 Å². The van der Waals surface area contributed by atoms with E-state index in [4.69, 9.17) is 23.2 Å². The van der Waals surface area contributed by atoms with Gasteiger partial charge >= 0.3 is 0 Å². The van der Waals surface area contributed by atoms with Crippen LogP contribution < -0.4 is 5.32 Å². The van der Waals surface area contributed by atoms with Crippen molar-refractivity contribution in [1.82, 2.24) is 9.97 Å². The molecule has 0 saturated carbocycles. The van der Waals surface area contributed by atoms with Gasteiger partial charge < -0.3 is 5.32 Å². The van der Waals surface area contributed by atoms with Gasteiger partial charge in [0, 0.05) is 33.7 Å². The van der Waals surface area contributed by atoms with Gasteiger partial charge in [0.05, 0.1) is 0 Å². The first-order valence-corrected chi connectivity index (χ1v) is 7.07. The van der Waals surface area contributed by atoms with Crippen LogP contribution in [0.1, 0.15) is 0 Å². The largest absolute Gasteiger partial charge is 0.324 e. The molecular formula is C16H11Cl2N3. The molecule has 0 aliphatic rings. The van der Waals surface area contributed by atoms with Crippen LogP contribution in [0.4, 0.5) is 11.6 Å². The van der Waals surface area contributed by atoms with Gasteiger partial charge in [-0.05, 0) is 35.9 Å². The fraction of sp³-hybridized carbons (Fsp3) is 0. The van der Waals surface area contributed by atoms with E-state index in [1.54, 1.807) is 18.5 Å². The summed E-state index contributed by atoms with van der Waals surface area (Å²) >= 11 is 12.0. The standard InChI is InChI=1S/C16H11Cl2N3/c17-13-6-11(7-14(18)8-13)12-9-19-16(20-10-12)21-15-4-2-1-3-5-15/h1-10H,(H,19,20,21). The first-order chi connectivity index (χ1) is 10.2. The molecule has 0 atom stereocenters. The Morgan fingerprint density at radius 3 is 2.00 bits per heavy atom. The number of rotatable bonds is 3. The lowest BCUT2D eigenvalue weighted by Gasteiger charge is -2.06. The summed E-state index contributed by atoms with van der Waals surface area (Å²) in [4.78, 5) is 8.60. The van der Waals surface area contributed by atoms with Gasteiger partial charge in [0.2, 0.25) is 5.95 Å². The SMILES string of the molecule is Clc1cc(Cl)cc(-c2cnc(Nc3ccccc3)nc2)c1. The third kappa shape index (κ3) is 3.51. The number of nitrogens with one attached hydrogen (secondary N) is 1. The minimum Gasteiger partial charge on any atom is -0.324 e. The second-order valence-electron chi connectivity index (χ2n) is 4.44. The summed E-state index contributed by atoms with van der Waals surface area (Å²) in [7, 11) is 0. The third-order valence-corrected chi connectivity index (χ3v) is 3.31. The number of para-hydroxylation sites is 1. The van der Waals surface area contributed by atoms with E-state index < -0.39 is 0 Å². The van der Waals surface area contributed by atoms with Crippen LogP contribution in [0.25, 0.3) is 11.1 Å². The molecule has 21 heavy (non-hydrogen) atoms. The second kappa shape index (κ2) is 6.12. The quantitative estimate of drug-likeness (QED) is 0.722. The number of aromatic nitrogens is 2. The summed E-state index contributed by atoms with van der Waals surface area (Å²) in [6.07, 6.45) is 3.47. The smallest absolute Gasteiger partial charge is 0.227 e. The van der Waals surface area contributed by atoms with Crippen LogP contribution in [0, 0.1) is 0 Å². The molecular weight excluding hydrogens is 305 g/mol. The lowest BCUT2D eigenvalue weighted by Crippen LogP contribution is -1.96. The minimum atomic E-state index is 0.540. The second-order valence-corrected chi connectivity index (χ2v) is 5.32. The summed E-state index contributed by atoms with van der Waals surface area (Å²) < 4.78 is 0. The van der Waals surface area contributed by atoms with Crippen LogP contribution in [0.5, 0.6) is 0 Å². The van der Waals surface area contributed by atoms with E-state index in [0.717, 1.165) is 16.8 Å². The number of nitrogens with zero attached hydrogens (tertiary/aromatic N) is 2. The topological polar surface area (TPSA) is 37.8 Å². The Labute approximate surface area is 132 Å². The van der Waals surface area contributed by atoms with Crippen LogP contribution in [0.15, 0.2) is 60.9 Å². The number of halogens is 2. The predicted octanol–water partition coefficient (Wildman–Crippen LogP) is 5.19. The van der Waals surface area contributed by atoms with E-state index >= 15 is 0 Å². The van der Waals surface area contributed by atoms with Crippen molar-refractivity contribution in [2.75, 3.05) is 5.32 Å². The fourth-order valence-corrected chi connectivity index (χ4v) is 2.44. The van der Waals surface area contributed by atoms with E-state index in [2.05, 4.69) is 15.3 Å². The van der Waals surface area contributed by atoms with Crippen molar-refractivity contribution < 1.29 is 0 Å². The van der Waals surface area contributed by atoms with Gasteiger partial charge in [-0.1, -0.05) is 41.4 Å². The molecule has 0 aliphatic heterocycles. The van der Waals surface area contributed by atoms with Crippen LogP contribution in [-0.4, -0.2) is 9.97 Å². The minimum absolute atomic E-state index is 0.540. The van der Waals surface area contributed by atoms with Gasteiger partial charge in [-0.2, -0.15) is 0 Å². The van der Waals surface area contributed by atoms with Gasteiger partial charge in [0.1, 0.15) is 0 Å². The molecule has 0 fully saturated rings. The molecule has 104 valence electrons. The lowest BCUT2D eigenvalue weighted by atomic mass is 10.1. The molecule has 1 aromatic heterocycles. The van der Waals surface area contributed by atoms with E-state index in [0.29, 0.717) is 16.0 Å². The average molecular weight is 316 g/mol. The van der Waals surface area contributed by atoms with Crippen LogP contribution in [-0.2, 0) is 0 Å². The zero-order valence-electron chi connectivity index (χ0n) is 10.9.